The van der Waals surface area contributed by atoms with Crippen molar-refractivity contribution >= 4 is 23.3 Å². The number of nitrogens with one attached hydrogen (secondary N) is 3. The van der Waals surface area contributed by atoms with Gasteiger partial charge in [0.1, 0.15) is 17.2 Å². The molecule has 39 heavy (non-hydrogen) atoms. The zero-order valence-corrected chi connectivity index (χ0v) is 24.1. The van der Waals surface area contributed by atoms with E-state index in [-0.39, 0.29) is 18.1 Å². The van der Waals surface area contributed by atoms with Gasteiger partial charge in [-0.2, -0.15) is 5.10 Å². The average Bonchev–Trinajstić information content (AvgIpc) is 3.54. The Balaban J connectivity index is 1.75. The summed E-state index contributed by atoms with van der Waals surface area (Å²) in [5.41, 5.74) is 5.26. The highest BCUT2D eigenvalue weighted by Crippen LogP contribution is 2.41. The van der Waals surface area contributed by atoms with Gasteiger partial charge in [-0.05, 0) is 63.7 Å². The number of benzene rings is 2. The van der Waals surface area contributed by atoms with Crippen molar-refractivity contribution < 1.29 is 9.90 Å². The minimum atomic E-state index is -0.514. The van der Waals surface area contributed by atoms with E-state index >= 15 is 0 Å². The van der Waals surface area contributed by atoms with Gasteiger partial charge in [-0.3, -0.25) is 4.79 Å². The predicted octanol–water partition coefficient (Wildman–Crippen LogP) is 5.52. The minimum Gasteiger partial charge on any atom is -0.394 e. The molecule has 8 nitrogen and oxygen atoms in total. The number of carbonyl (C=O) groups excluding carboxylic acids is 1. The third kappa shape index (κ3) is 6.19. The van der Waals surface area contributed by atoms with E-state index in [1.165, 1.54) is 0 Å². The molecule has 2 aromatic heterocycles. The Morgan fingerprint density at radius 1 is 1.13 bits per heavy atom. The molecule has 0 bridgehead atoms. The maximum absolute atomic E-state index is 13.1. The number of carbonyl (C=O) groups is 1. The molecular formula is C30H37ClN6O2. The standard InChI is InChI=1S/C30H37ClN6O2/c1-30(2,3)37-28(32-4)26(20-12-13-21(17-36(5)6)23(31)14-20)27(35-37)22-15-24(33-16-22)29(39)34-25(18-38)19-10-8-7-9-11-19/h7-16,25,32-33,38H,17-18H2,1-6H3,(H,34,39). The SMILES string of the molecule is CNc1c(-c2ccc(CN(C)C)c(Cl)c2)c(-c2c[nH]c(C(=O)NC(CO)c3ccccc3)c2)nn1C(C)(C)C. The summed E-state index contributed by atoms with van der Waals surface area (Å²) in [6.07, 6.45) is 1.78. The van der Waals surface area contributed by atoms with E-state index in [0.717, 1.165) is 45.9 Å². The Kier molecular flexibility index (Phi) is 8.49. The van der Waals surface area contributed by atoms with Gasteiger partial charge in [-0.15, -0.1) is 0 Å². The van der Waals surface area contributed by atoms with Crippen molar-refractivity contribution in [2.75, 3.05) is 33.1 Å². The van der Waals surface area contributed by atoms with Crippen LogP contribution in [-0.2, 0) is 12.1 Å². The highest BCUT2D eigenvalue weighted by molar-refractivity contribution is 6.31. The Hall–Kier alpha value is -3.59. The van der Waals surface area contributed by atoms with Crippen LogP contribution in [0.3, 0.4) is 0 Å². The van der Waals surface area contributed by atoms with Crippen molar-refractivity contribution in [3.63, 3.8) is 0 Å². The van der Waals surface area contributed by atoms with E-state index in [2.05, 4.69) is 47.4 Å². The largest absolute Gasteiger partial charge is 0.394 e. The summed E-state index contributed by atoms with van der Waals surface area (Å²) in [5, 5.41) is 21.8. The summed E-state index contributed by atoms with van der Waals surface area (Å²) in [6.45, 7) is 6.81. The lowest BCUT2D eigenvalue weighted by Crippen LogP contribution is -2.30. The monoisotopic (exact) mass is 548 g/mol. The fourth-order valence-electron chi connectivity index (χ4n) is 4.60. The zero-order chi connectivity index (χ0) is 28.3. The molecular weight excluding hydrogens is 512 g/mol. The number of rotatable bonds is 9. The van der Waals surface area contributed by atoms with Gasteiger partial charge in [-0.1, -0.05) is 54.1 Å². The first-order chi connectivity index (χ1) is 18.5. The van der Waals surface area contributed by atoms with E-state index in [1.54, 1.807) is 12.3 Å². The van der Waals surface area contributed by atoms with E-state index in [4.69, 9.17) is 16.7 Å². The summed E-state index contributed by atoms with van der Waals surface area (Å²) in [5.74, 6) is 0.538. The van der Waals surface area contributed by atoms with E-state index in [9.17, 15) is 9.90 Å². The van der Waals surface area contributed by atoms with Crippen molar-refractivity contribution in [3.8, 4) is 22.4 Å². The van der Waals surface area contributed by atoms with Crippen molar-refractivity contribution in [2.45, 2.75) is 38.9 Å². The second-order valence-corrected chi connectivity index (χ2v) is 11.3. The number of aliphatic hydroxyl groups excluding tert-OH is 1. The van der Waals surface area contributed by atoms with Crippen LogP contribution in [0.15, 0.2) is 60.8 Å². The van der Waals surface area contributed by atoms with Gasteiger partial charge in [0.2, 0.25) is 0 Å². The number of aromatic nitrogens is 3. The molecule has 4 aromatic rings. The van der Waals surface area contributed by atoms with Crippen LogP contribution in [0, 0.1) is 0 Å². The van der Waals surface area contributed by atoms with E-state index in [0.29, 0.717) is 10.7 Å². The number of amides is 1. The van der Waals surface area contributed by atoms with E-state index < -0.39 is 6.04 Å². The zero-order valence-electron chi connectivity index (χ0n) is 23.3. The number of nitrogens with zero attached hydrogens (tertiary/aromatic N) is 3. The molecule has 0 radical (unpaired) electrons. The number of aliphatic hydroxyl groups is 1. The number of halogens is 1. The smallest absolute Gasteiger partial charge is 0.268 e. The molecule has 2 heterocycles. The molecule has 1 atom stereocenters. The number of H-pyrrole nitrogens is 1. The van der Waals surface area contributed by atoms with E-state index in [1.807, 2.05) is 68.3 Å². The molecule has 0 spiro atoms. The lowest BCUT2D eigenvalue weighted by molar-refractivity contribution is 0.0911. The number of hydrogen-bond donors (Lipinski definition) is 4. The Morgan fingerprint density at radius 2 is 1.85 bits per heavy atom. The van der Waals surface area contributed by atoms with Gasteiger partial charge in [0.05, 0.1) is 23.8 Å². The molecule has 0 saturated carbocycles. The fourth-order valence-corrected chi connectivity index (χ4v) is 4.84. The Bertz CT molecular complexity index is 1440. The quantitative estimate of drug-likeness (QED) is 0.221. The summed E-state index contributed by atoms with van der Waals surface area (Å²) in [7, 11) is 5.90. The van der Waals surface area contributed by atoms with Crippen molar-refractivity contribution in [1.29, 1.82) is 0 Å². The van der Waals surface area contributed by atoms with Crippen molar-refractivity contribution in [2.24, 2.45) is 0 Å². The molecule has 1 amide bonds. The first-order valence-electron chi connectivity index (χ1n) is 12.9. The number of anilines is 1. The second kappa shape index (κ2) is 11.7. The lowest BCUT2D eigenvalue weighted by atomic mass is 10.00. The first-order valence-corrected chi connectivity index (χ1v) is 13.3. The maximum atomic E-state index is 13.1. The minimum absolute atomic E-state index is 0.209. The first kappa shape index (κ1) is 28.4. The van der Waals surface area contributed by atoms with Gasteiger partial charge < -0.3 is 25.6 Å². The Labute approximate surface area is 235 Å². The topological polar surface area (TPSA) is 98.2 Å². The van der Waals surface area contributed by atoms with Crippen LogP contribution in [0.1, 0.15) is 48.4 Å². The summed E-state index contributed by atoms with van der Waals surface area (Å²) >= 11 is 6.72. The van der Waals surface area contributed by atoms with Crippen LogP contribution in [-0.4, -0.2) is 58.4 Å². The van der Waals surface area contributed by atoms with Gasteiger partial charge in [0, 0.05) is 30.4 Å². The molecule has 1 unspecified atom stereocenters. The van der Waals surface area contributed by atoms with Gasteiger partial charge in [0.15, 0.2) is 0 Å². The Morgan fingerprint density at radius 3 is 2.44 bits per heavy atom. The third-order valence-corrected chi connectivity index (χ3v) is 6.83. The van der Waals surface area contributed by atoms with Crippen LogP contribution < -0.4 is 10.6 Å². The fraction of sp³-hybridized carbons (Fsp3) is 0.333. The van der Waals surface area contributed by atoms with Gasteiger partial charge in [0.25, 0.3) is 5.91 Å². The van der Waals surface area contributed by atoms with Crippen LogP contribution in [0.4, 0.5) is 5.82 Å². The maximum Gasteiger partial charge on any atom is 0.268 e. The second-order valence-electron chi connectivity index (χ2n) is 10.9. The molecule has 0 saturated heterocycles. The average molecular weight is 549 g/mol. The molecule has 2 aromatic carbocycles. The number of aromatic amines is 1. The summed E-state index contributed by atoms with van der Waals surface area (Å²) in [4.78, 5) is 18.3. The highest BCUT2D eigenvalue weighted by atomic mass is 35.5. The van der Waals surface area contributed by atoms with Crippen molar-refractivity contribution in [1.82, 2.24) is 25.0 Å². The van der Waals surface area contributed by atoms with Gasteiger partial charge >= 0.3 is 0 Å². The normalized spacial score (nSPS) is 12.5. The molecule has 4 N–H and O–H groups in total. The molecule has 0 aliphatic rings. The molecule has 0 aliphatic heterocycles. The van der Waals surface area contributed by atoms with Crippen LogP contribution in [0.5, 0.6) is 0 Å². The molecule has 4 rings (SSSR count). The van der Waals surface area contributed by atoms with Gasteiger partial charge in [-0.25, -0.2) is 4.68 Å². The molecule has 206 valence electrons. The number of hydrogen-bond acceptors (Lipinski definition) is 5. The van der Waals surface area contributed by atoms with Crippen molar-refractivity contribution in [3.05, 3.63) is 82.6 Å². The third-order valence-electron chi connectivity index (χ3n) is 6.48. The van der Waals surface area contributed by atoms with Crippen LogP contribution >= 0.6 is 11.6 Å². The summed E-state index contributed by atoms with van der Waals surface area (Å²) in [6, 6.07) is 16.8. The van der Waals surface area contributed by atoms with Crippen LogP contribution in [0.25, 0.3) is 22.4 Å². The predicted molar refractivity (Wildman–Crippen MR) is 158 cm³/mol. The molecule has 0 fully saturated rings. The lowest BCUT2D eigenvalue weighted by Gasteiger charge is -2.22. The summed E-state index contributed by atoms with van der Waals surface area (Å²) < 4.78 is 1.96. The highest BCUT2D eigenvalue weighted by Gasteiger charge is 2.27. The molecule has 9 heteroatoms. The molecule has 0 aliphatic carbocycles. The van der Waals surface area contributed by atoms with Crippen LogP contribution in [0.2, 0.25) is 5.02 Å².